The standard InChI is InChI=1S/C16H21BrF3N/c1-2-21-15(9-11-5-3-4-6-11)13-8-7-12(17)10-14(13)16(18,19)20/h7-8,10-11,15,21H,2-6,9H2,1H3. The van der Waals surface area contributed by atoms with E-state index in [-0.39, 0.29) is 6.04 Å². The average molecular weight is 364 g/mol. The molecule has 1 unspecified atom stereocenters. The van der Waals surface area contributed by atoms with E-state index in [9.17, 15) is 13.2 Å². The SMILES string of the molecule is CCNC(CC1CCCC1)c1ccc(Br)cc1C(F)(F)F. The fourth-order valence-electron chi connectivity index (χ4n) is 3.22. The molecule has 1 atom stereocenters. The van der Waals surface area contributed by atoms with Crippen LogP contribution in [0.25, 0.3) is 0 Å². The molecular weight excluding hydrogens is 343 g/mol. The van der Waals surface area contributed by atoms with Crippen LogP contribution in [-0.4, -0.2) is 6.54 Å². The van der Waals surface area contributed by atoms with E-state index in [1.807, 2.05) is 6.92 Å². The van der Waals surface area contributed by atoms with E-state index in [2.05, 4.69) is 21.2 Å². The van der Waals surface area contributed by atoms with Crippen molar-refractivity contribution in [3.8, 4) is 0 Å². The van der Waals surface area contributed by atoms with Crippen LogP contribution in [0.3, 0.4) is 0 Å². The van der Waals surface area contributed by atoms with Crippen molar-refractivity contribution in [3.05, 3.63) is 33.8 Å². The molecule has 1 aromatic rings. The maximum atomic E-state index is 13.3. The van der Waals surface area contributed by atoms with Crippen LogP contribution in [0.1, 0.15) is 56.2 Å². The third-order valence-electron chi connectivity index (χ3n) is 4.19. The zero-order chi connectivity index (χ0) is 15.5. The second-order valence-electron chi connectivity index (χ2n) is 5.73. The third-order valence-corrected chi connectivity index (χ3v) is 4.68. The highest BCUT2D eigenvalue weighted by Crippen LogP contribution is 2.40. The van der Waals surface area contributed by atoms with Crippen molar-refractivity contribution >= 4 is 15.9 Å². The van der Waals surface area contributed by atoms with E-state index < -0.39 is 11.7 Å². The van der Waals surface area contributed by atoms with E-state index >= 15 is 0 Å². The topological polar surface area (TPSA) is 12.0 Å². The van der Waals surface area contributed by atoms with Crippen molar-refractivity contribution in [2.45, 2.75) is 51.2 Å². The quantitative estimate of drug-likeness (QED) is 0.707. The Bertz CT molecular complexity index is 467. The number of benzene rings is 1. The van der Waals surface area contributed by atoms with Gasteiger partial charge < -0.3 is 5.32 Å². The van der Waals surface area contributed by atoms with Gasteiger partial charge in [-0.1, -0.05) is 54.6 Å². The molecule has 1 aromatic carbocycles. The highest BCUT2D eigenvalue weighted by molar-refractivity contribution is 9.10. The van der Waals surface area contributed by atoms with E-state index in [1.54, 1.807) is 12.1 Å². The minimum Gasteiger partial charge on any atom is -0.310 e. The minimum atomic E-state index is -4.32. The molecule has 1 saturated carbocycles. The molecule has 1 N–H and O–H groups in total. The molecule has 118 valence electrons. The molecule has 0 saturated heterocycles. The molecule has 0 spiro atoms. The number of hydrogen-bond donors (Lipinski definition) is 1. The van der Waals surface area contributed by atoms with Gasteiger partial charge in [0.15, 0.2) is 0 Å². The van der Waals surface area contributed by atoms with Gasteiger partial charge in [-0.25, -0.2) is 0 Å². The normalized spacial score (nSPS) is 18.1. The van der Waals surface area contributed by atoms with Gasteiger partial charge in [-0.3, -0.25) is 0 Å². The molecule has 5 heteroatoms. The molecule has 1 aliphatic carbocycles. The Kier molecular flexibility index (Phi) is 5.72. The summed E-state index contributed by atoms with van der Waals surface area (Å²) in [4.78, 5) is 0. The fraction of sp³-hybridized carbons (Fsp3) is 0.625. The molecule has 1 nitrogen and oxygen atoms in total. The highest BCUT2D eigenvalue weighted by Gasteiger charge is 2.36. The number of alkyl halides is 3. The number of halogens is 4. The predicted molar refractivity (Wildman–Crippen MR) is 82.1 cm³/mol. The lowest BCUT2D eigenvalue weighted by atomic mass is 9.90. The van der Waals surface area contributed by atoms with Crippen molar-refractivity contribution in [1.29, 1.82) is 0 Å². The molecule has 2 rings (SSSR count). The van der Waals surface area contributed by atoms with E-state index in [4.69, 9.17) is 0 Å². The number of nitrogens with one attached hydrogen (secondary N) is 1. The summed E-state index contributed by atoms with van der Waals surface area (Å²) in [6.07, 6.45) is 1.16. The summed E-state index contributed by atoms with van der Waals surface area (Å²) >= 11 is 3.14. The molecule has 0 amide bonds. The van der Waals surface area contributed by atoms with Crippen LogP contribution in [-0.2, 0) is 6.18 Å². The van der Waals surface area contributed by atoms with Crippen molar-refractivity contribution in [2.75, 3.05) is 6.54 Å². The van der Waals surface area contributed by atoms with E-state index in [0.717, 1.165) is 19.3 Å². The average Bonchev–Trinajstić information content (AvgIpc) is 2.90. The van der Waals surface area contributed by atoms with Crippen LogP contribution in [0.2, 0.25) is 0 Å². The smallest absolute Gasteiger partial charge is 0.310 e. The third kappa shape index (κ3) is 4.46. The van der Waals surface area contributed by atoms with Crippen molar-refractivity contribution in [2.24, 2.45) is 5.92 Å². The molecule has 1 fully saturated rings. The summed E-state index contributed by atoms with van der Waals surface area (Å²) < 4.78 is 40.3. The monoisotopic (exact) mass is 363 g/mol. The van der Waals surface area contributed by atoms with E-state index in [1.165, 1.54) is 18.9 Å². The zero-order valence-electron chi connectivity index (χ0n) is 12.1. The molecule has 21 heavy (non-hydrogen) atoms. The predicted octanol–water partition coefficient (Wildman–Crippen LogP) is 5.70. The van der Waals surface area contributed by atoms with Crippen LogP contribution < -0.4 is 5.32 Å². The Morgan fingerprint density at radius 2 is 1.95 bits per heavy atom. The van der Waals surface area contributed by atoms with Gasteiger partial charge in [0.25, 0.3) is 0 Å². The highest BCUT2D eigenvalue weighted by atomic mass is 79.9. The molecule has 1 aliphatic rings. The molecule has 0 aliphatic heterocycles. The lowest BCUT2D eigenvalue weighted by Gasteiger charge is -2.25. The molecule has 0 bridgehead atoms. The first-order valence-corrected chi connectivity index (χ1v) is 8.31. The summed E-state index contributed by atoms with van der Waals surface area (Å²) in [5.74, 6) is 0.541. The van der Waals surface area contributed by atoms with Gasteiger partial charge in [0.05, 0.1) is 5.56 Å². The maximum Gasteiger partial charge on any atom is 0.416 e. The van der Waals surface area contributed by atoms with Gasteiger partial charge >= 0.3 is 6.18 Å². The van der Waals surface area contributed by atoms with Gasteiger partial charge in [-0.05, 0) is 36.6 Å². The lowest BCUT2D eigenvalue weighted by Crippen LogP contribution is -2.25. The number of hydrogen-bond acceptors (Lipinski definition) is 1. The van der Waals surface area contributed by atoms with Crippen molar-refractivity contribution in [3.63, 3.8) is 0 Å². The molecule has 0 aromatic heterocycles. The van der Waals surface area contributed by atoms with Gasteiger partial charge in [0.1, 0.15) is 0 Å². The van der Waals surface area contributed by atoms with Crippen molar-refractivity contribution < 1.29 is 13.2 Å². The summed E-state index contributed by atoms with van der Waals surface area (Å²) in [7, 11) is 0. The zero-order valence-corrected chi connectivity index (χ0v) is 13.7. The first kappa shape index (κ1) is 16.8. The molecular formula is C16H21BrF3N. The van der Waals surface area contributed by atoms with Crippen LogP contribution in [0.4, 0.5) is 13.2 Å². The summed E-state index contributed by atoms with van der Waals surface area (Å²) in [5.41, 5.74) is -0.153. The first-order chi connectivity index (χ1) is 9.91. The van der Waals surface area contributed by atoms with Gasteiger partial charge in [0.2, 0.25) is 0 Å². The van der Waals surface area contributed by atoms with Gasteiger partial charge in [-0.2, -0.15) is 13.2 Å². The second kappa shape index (κ2) is 7.14. The van der Waals surface area contributed by atoms with Gasteiger partial charge in [0, 0.05) is 10.5 Å². The maximum absolute atomic E-state index is 13.3. The molecule has 0 heterocycles. The molecule has 0 radical (unpaired) electrons. The van der Waals surface area contributed by atoms with Crippen LogP contribution >= 0.6 is 15.9 Å². The summed E-state index contributed by atoms with van der Waals surface area (Å²) in [6.45, 7) is 2.61. The summed E-state index contributed by atoms with van der Waals surface area (Å²) in [6, 6.07) is 4.27. The summed E-state index contributed by atoms with van der Waals surface area (Å²) in [5, 5.41) is 3.24. The Hall–Kier alpha value is -0.550. The van der Waals surface area contributed by atoms with Crippen LogP contribution in [0.5, 0.6) is 0 Å². The van der Waals surface area contributed by atoms with Crippen LogP contribution in [0, 0.1) is 5.92 Å². The van der Waals surface area contributed by atoms with E-state index in [0.29, 0.717) is 22.5 Å². The minimum absolute atomic E-state index is 0.220. The van der Waals surface area contributed by atoms with Gasteiger partial charge in [-0.15, -0.1) is 0 Å². The lowest BCUT2D eigenvalue weighted by molar-refractivity contribution is -0.138. The number of rotatable bonds is 5. The van der Waals surface area contributed by atoms with Crippen LogP contribution in [0.15, 0.2) is 22.7 Å². The van der Waals surface area contributed by atoms with Crippen molar-refractivity contribution in [1.82, 2.24) is 5.32 Å². The first-order valence-electron chi connectivity index (χ1n) is 7.51. The Morgan fingerprint density at radius 3 is 2.52 bits per heavy atom. The Balaban J connectivity index is 2.30. The second-order valence-corrected chi connectivity index (χ2v) is 6.64. The fourth-order valence-corrected chi connectivity index (χ4v) is 3.58. The Labute approximate surface area is 132 Å². The Morgan fingerprint density at radius 1 is 1.29 bits per heavy atom. The largest absolute Gasteiger partial charge is 0.416 e.